The third kappa shape index (κ3) is 4.31. The summed E-state index contributed by atoms with van der Waals surface area (Å²) in [6, 6.07) is 10.1. The number of pyridine rings is 1. The molecule has 1 heterocycles. The maximum atomic E-state index is 12.0. The van der Waals surface area contributed by atoms with Crippen LogP contribution in [0.2, 0.25) is 0 Å². The zero-order chi connectivity index (χ0) is 14.6. The van der Waals surface area contributed by atoms with Crippen molar-refractivity contribution in [3.63, 3.8) is 0 Å². The molecule has 0 aliphatic heterocycles. The van der Waals surface area contributed by atoms with Crippen LogP contribution >= 0.6 is 11.6 Å². The molecule has 0 aliphatic carbocycles. The fourth-order valence-corrected chi connectivity index (χ4v) is 1.57. The molecule has 20 heavy (non-hydrogen) atoms. The van der Waals surface area contributed by atoms with E-state index in [1.807, 2.05) is 0 Å². The van der Waals surface area contributed by atoms with Crippen molar-refractivity contribution in [2.45, 2.75) is 12.2 Å². The van der Waals surface area contributed by atoms with Crippen LogP contribution in [-0.4, -0.2) is 11.3 Å². The van der Waals surface area contributed by atoms with E-state index in [1.165, 1.54) is 12.1 Å². The van der Waals surface area contributed by atoms with Gasteiger partial charge in [-0.25, -0.2) is 4.98 Å². The molecule has 3 nitrogen and oxygen atoms in total. The van der Waals surface area contributed by atoms with Crippen molar-refractivity contribution in [3.8, 4) is 17.4 Å². The summed E-state index contributed by atoms with van der Waals surface area (Å²) in [6.45, 7) is 0. The molecule has 0 radical (unpaired) electrons. The molecule has 7 heteroatoms. The molecule has 0 spiro atoms. The average Bonchev–Trinajstić information content (AvgIpc) is 2.40. The molecular weight excluding hydrogens is 295 g/mol. The molecule has 2 rings (SSSR count). The maximum Gasteiger partial charge on any atom is 0.573 e. The van der Waals surface area contributed by atoms with Gasteiger partial charge in [-0.3, -0.25) is 0 Å². The van der Waals surface area contributed by atoms with Gasteiger partial charge >= 0.3 is 6.36 Å². The van der Waals surface area contributed by atoms with E-state index in [1.54, 1.807) is 18.2 Å². The SMILES string of the molecule is FC(F)(F)Oc1ccc(Oc2cccc(CCl)n2)cc1. The van der Waals surface area contributed by atoms with Gasteiger partial charge in [0.2, 0.25) is 5.88 Å². The Morgan fingerprint density at radius 3 is 2.25 bits per heavy atom. The normalized spacial score (nSPS) is 11.2. The standard InChI is InChI=1S/C13H9ClF3NO2/c14-8-9-2-1-3-12(18-9)19-10-4-6-11(7-5-10)20-13(15,16)17/h1-7H,8H2. The lowest BCUT2D eigenvalue weighted by atomic mass is 10.3. The Morgan fingerprint density at radius 1 is 1.00 bits per heavy atom. The highest BCUT2D eigenvalue weighted by molar-refractivity contribution is 6.16. The van der Waals surface area contributed by atoms with E-state index < -0.39 is 6.36 Å². The third-order valence-corrected chi connectivity index (χ3v) is 2.47. The fraction of sp³-hybridized carbons (Fsp3) is 0.154. The van der Waals surface area contributed by atoms with E-state index in [9.17, 15) is 13.2 Å². The Labute approximate surface area is 117 Å². The van der Waals surface area contributed by atoms with Gasteiger partial charge in [0.05, 0.1) is 11.6 Å². The van der Waals surface area contributed by atoms with Gasteiger partial charge in [-0.2, -0.15) is 0 Å². The number of alkyl halides is 4. The Morgan fingerprint density at radius 2 is 1.65 bits per heavy atom. The molecule has 0 aliphatic rings. The number of halogens is 4. The molecular formula is C13H9ClF3NO2. The van der Waals surface area contributed by atoms with Crippen molar-refractivity contribution in [1.82, 2.24) is 4.98 Å². The summed E-state index contributed by atoms with van der Waals surface area (Å²) in [4.78, 5) is 4.10. The lowest BCUT2D eigenvalue weighted by Crippen LogP contribution is -2.16. The van der Waals surface area contributed by atoms with Crippen LogP contribution < -0.4 is 9.47 Å². The van der Waals surface area contributed by atoms with Gasteiger partial charge in [-0.1, -0.05) is 6.07 Å². The van der Waals surface area contributed by atoms with Crippen LogP contribution in [0.25, 0.3) is 0 Å². The predicted octanol–water partition coefficient (Wildman–Crippen LogP) is 4.51. The molecule has 0 amide bonds. The van der Waals surface area contributed by atoms with E-state index in [0.717, 1.165) is 12.1 Å². The second-order valence-electron chi connectivity index (χ2n) is 3.72. The molecule has 0 fully saturated rings. The topological polar surface area (TPSA) is 31.4 Å². The van der Waals surface area contributed by atoms with Crippen molar-refractivity contribution < 1.29 is 22.6 Å². The van der Waals surface area contributed by atoms with Gasteiger partial charge in [0, 0.05) is 6.07 Å². The van der Waals surface area contributed by atoms with E-state index in [0.29, 0.717) is 17.3 Å². The van der Waals surface area contributed by atoms with Crippen LogP contribution in [0.1, 0.15) is 5.69 Å². The number of benzene rings is 1. The molecule has 0 unspecified atom stereocenters. The van der Waals surface area contributed by atoms with Crippen LogP contribution in [0.15, 0.2) is 42.5 Å². The molecule has 0 saturated carbocycles. The minimum absolute atomic E-state index is 0.246. The van der Waals surface area contributed by atoms with E-state index in [2.05, 4.69) is 9.72 Å². The monoisotopic (exact) mass is 303 g/mol. The second-order valence-corrected chi connectivity index (χ2v) is 3.99. The Bertz CT molecular complexity index is 573. The van der Waals surface area contributed by atoms with E-state index in [4.69, 9.17) is 16.3 Å². The highest BCUT2D eigenvalue weighted by Crippen LogP contribution is 2.26. The summed E-state index contributed by atoms with van der Waals surface area (Å²) in [5.74, 6) is 0.592. The van der Waals surface area contributed by atoms with E-state index in [-0.39, 0.29) is 11.6 Å². The smallest absolute Gasteiger partial charge is 0.439 e. The number of ether oxygens (including phenoxy) is 2. The molecule has 2 aromatic rings. The molecule has 1 aromatic heterocycles. The maximum absolute atomic E-state index is 12.0. The lowest BCUT2D eigenvalue weighted by Gasteiger charge is -2.09. The van der Waals surface area contributed by atoms with Crippen LogP contribution in [0, 0.1) is 0 Å². The number of hydrogen-bond acceptors (Lipinski definition) is 3. The van der Waals surface area contributed by atoms with Crippen LogP contribution in [0.3, 0.4) is 0 Å². The van der Waals surface area contributed by atoms with Crippen molar-refractivity contribution in [1.29, 1.82) is 0 Å². The number of nitrogens with zero attached hydrogens (tertiary/aromatic N) is 1. The Kier molecular flexibility index (Phi) is 4.34. The highest BCUT2D eigenvalue weighted by atomic mass is 35.5. The first-order valence-corrected chi connectivity index (χ1v) is 6.05. The van der Waals surface area contributed by atoms with Crippen molar-refractivity contribution in [2.75, 3.05) is 0 Å². The average molecular weight is 304 g/mol. The van der Waals surface area contributed by atoms with E-state index >= 15 is 0 Å². The molecule has 0 atom stereocenters. The van der Waals surface area contributed by atoms with Gasteiger partial charge in [-0.05, 0) is 30.3 Å². The molecule has 0 N–H and O–H groups in total. The number of hydrogen-bond donors (Lipinski definition) is 0. The zero-order valence-electron chi connectivity index (χ0n) is 10.0. The minimum atomic E-state index is -4.71. The summed E-state index contributed by atoms with van der Waals surface area (Å²) in [7, 11) is 0. The van der Waals surface area contributed by atoms with Crippen LogP contribution in [0.5, 0.6) is 17.4 Å². The van der Waals surface area contributed by atoms with Crippen molar-refractivity contribution in [3.05, 3.63) is 48.2 Å². The first-order valence-electron chi connectivity index (χ1n) is 5.52. The number of rotatable bonds is 4. The van der Waals surface area contributed by atoms with Crippen molar-refractivity contribution in [2.24, 2.45) is 0 Å². The lowest BCUT2D eigenvalue weighted by molar-refractivity contribution is -0.274. The fourth-order valence-electron chi connectivity index (χ4n) is 1.42. The second kappa shape index (κ2) is 6.00. The quantitative estimate of drug-likeness (QED) is 0.779. The van der Waals surface area contributed by atoms with Crippen molar-refractivity contribution >= 4 is 11.6 Å². The van der Waals surface area contributed by atoms with Gasteiger partial charge in [-0.15, -0.1) is 24.8 Å². The van der Waals surface area contributed by atoms with Gasteiger partial charge < -0.3 is 9.47 Å². The molecule has 0 saturated heterocycles. The van der Waals surface area contributed by atoms with Gasteiger partial charge in [0.15, 0.2) is 0 Å². The summed E-state index contributed by atoms with van der Waals surface area (Å²) in [5, 5.41) is 0. The summed E-state index contributed by atoms with van der Waals surface area (Å²) < 4.78 is 45.1. The van der Waals surface area contributed by atoms with Crippen LogP contribution in [-0.2, 0) is 5.88 Å². The molecule has 106 valence electrons. The Hall–Kier alpha value is -1.95. The first kappa shape index (κ1) is 14.5. The first-order chi connectivity index (χ1) is 9.46. The Balaban J connectivity index is 2.06. The van der Waals surface area contributed by atoms with Gasteiger partial charge in [0.1, 0.15) is 11.5 Å². The number of aromatic nitrogens is 1. The minimum Gasteiger partial charge on any atom is -0.439 e. The molecule has 0 bridgehead atoms. The largest absolute Gasteiger partial charge is 0.573 e. The van der Waals surface area contributed by atoms with Gasteiger partial charge in [0.25, 0.3) is 0 Å². The van der Waals surface area contributed by atoms with Crippen LogP contribution in [0.4, 0.5) is 13.2 Å². The summed E-state index contributed by atoms with van der Waals surface area (Å²) >= 11 is 5.64. The third-order valence-electron chi connectivity index (χ3n) is 2.20. The highest BCUT2D eigenvalue weighted by Gasteiger charge is 2.30. The summed E-state index contributed by atoms with van der Waals surface area (Å²) in [6.07, 6.45) is -4.71. The molecule has 1 aromatic carbocycles. The zero-order valence-corrected chi connectivity index (χ0v) is 10.8. The predicted molar refractivity (Wildman–Crippen MR) is 67.0 cm³/mol. The summed E-state index contributed by atoms with van der Waals surface area (Å²) in [5.41, 5.74) is 0.640.